The predicted molar refractivity (Wildman–Crippen MR) is 137 cm³/mol. The van der Waals surface area contributed by atoms with Crippen LogP contribution in [0.2, 0.25) is 0 Å². The number of fused-ring (bicyclic) bond motifs is 3. The monoisotopic (exact) mass is 584 g/mol. The predicted octanol–water partition coefficient (Wildman–Crippen LogP) is 1.54. The molecule has 176 valence electrons. The summed E-state index contributed by atoms with van der Waals surface area (Å²) in [6.45, 7) is 2.25. The topological polar surface area (TPSA) is 9.86 Å². The van der Waals surface area contributed by atoms with Gasteiger partial charge in [0.2, 0.25) is 0 Å². The van der Waals surface area contributed by atoms with Crippen LogP contribution in [-0.2, 0) is 23.2 Å². The number of hydrogen-bond acceptors (Lipinski definition) is 0. The normalized spacial score (nSPS) is 17.4. The third-order valence-electron chi connectivity index (χ3n) is 7.19. The summed E-state index contributed by atoms with van der Waals surface area (Å²) in [6.07, 6.45) is 9.41. The fourth-order valence-corrected chi connectivity index (χ4v) is 10.2. The van der Waals surface area contributed by atoms with Gasteiger partial charge in [-0.05, 0) is 0 Å². The zero-order chi connectivity index (χ0) is 22.6. The Hall–Kier alpha value is -2.58. The Kier molecular flexibility index (Phi) is 7.01. The van der Waals surface area contributed by atoms with E-state index in [1.54, 1.807) is 3.28 Å². The van der Waals surface area contributed by atoms with Gasteiger partial charge in [-0.2, -0.15) is 0 Å². The van der Waals surface area contributed by atoms with E-state index in [2.05, 4.69) is 132 Å². The van der Waals surface area contributed by atoms with Crippen LogP contribution in [0.3, 0.4) is 0 Å². The van der Waals surface area contributed by atoms with Gasteiger partial charge < -0.3 is 24.8 Å². The average molecular weight is 587 g/mol. The van der Waals surface area contributed by atoms with Crippen molar-refractivity contribution in [2.24, 2.45) is 0 Å². The van der Waals surface area contributed by atoms with Crippen molar-refractivity contribution in [3.8, 4) is 0 Å². The van der Waals surface area contributed by atoms with E-state index in [4.69, 9.17) is 0 Å². The zero-order valence-electron chi connectivity index (χ0n) is 19.8. The first-order chi connectivity index (χ1) is 16.8. The molecule has 0 spiro atoms. The van der Waals surface area contributed by atoms with Crippen LogP contribution in [0.5, 0.6) is 0 Å². The van der Waals surface area contributed by atoms with Crippen molar-refractivity contribution in [2.75, 3.05) is 0 Å². The van der Waals surface area contributed by atoms with E-state index in [9.17, 15) is 0 Å². The summed E-state index contributed by atoms with van der Waals surface area (Å²) >= 11 is -1.05. The van der Waals surface area contributed by atoms with Crippen molar-refractivity contribution in [1.29, 1.82) is 0 Å². The van der Waals surface area contributed by atoms with E-state index >= 15 is 0 Å². The minimum atomic E-state index is -1.05. The summed E-state index contributed by atoms with van der Waals surface area (Å²) in [5, 5.41) is 1.32. The van der Waals surface area contributed by atoms with Crippen LogP contribution in [-0.4, -0.2) is 9.13 Å². The first-order valence-electron chi connectivity index (χ1n) is 11.9. The molecule has 0 N–H and O–H groups in total. The molecule has 3 aromatic carbocycles. The second-order valence-electron chi connectivity index (χ2n) is 9.22. The molecule has 2 unspecified atom stereocenters. The van der Waals surface area contributed by atoms with Gasteiger partial charge in [0, 0.05) is 0 Å². The molecule has 2 nitrogen and oxygen atoms in total. The van der Waals surface area contributed by atoms with Crippen LogP contribution in [0.4, 0.5) is 0 Å². The molecule has 0 saturated carbocycles. The summed E-state index contributed by atoms with van der Waals surface area (Å²) in [5.41, 5.74) is 9.79. The second kappa shape index (κ2) is 10.1. The fraction of sp³-hybridized carbons (Fsp3) is 0.0968. The molecule has 0 bridgehead atoms. The molecule has 2 aliphatic rings. The molecule has 0 aliphatic heterocycles. The molecule has 0 fully saturated rings. The molecule has 2 aliphatic carbocycles. The van der Waals surface area contributed by atoms with Crippen molar-refractivity contribution in [2.45, 2.75) is 16.6 Å². The van der Waals surface area contributed by atoms with E-state index < -0.39 is 23.2 Å². The van der Waals surface area contributed by atoms with Crippen LogP contribution in [0.15, 0.2) is 107 Å². The largest absolute Gasteiger partial charge is 1.00 e. The third kappa shape index (κ3) is 3.99. The van der Waals surface area contributed by atoms with Crippen LogP contribution in [0.1, 0.15) is 37.6 Å². The first-order valence-corrected chi connectivity index (χ1v) is 14.5. The Morgan fingerprint density at radius 3 is 2.11 bits per heavy atom. The standard InChI is InChI=1S/C18H14N.C13H10N.2ClH.Zr/c1-13-10-16-8-4-5-9-18(16)19(13)17-11-14-6-2-3-7-15(14)12-17;1-2-6-12-11(5-1)7-8-13(12)14-9-3-4-10-14;;;/h2-12H,1H3;1-7,9-10,13H;2*1H;/q;;;;+2/p-2. The molecular weight excluding hydrogens is 562 g/mol. The van der Waals surface area contributed by atoms with Gasteiger partial charge in [-0.25, -0.2) is 0 Å². The van der Waals surface area contributed by atoms with Crippen molar-refractivity contribution in [1.82, 2.24) is 9.13 Å². The molecule has 2 heterocycles. The van der Waals surface area contributed by atoms with E-state index in [1.165, 1.54) is 44.5 Å². The first kappa shape index (κ1) is 25.1. The van der Waals surface area contributed by atoms with E-state index in [0.717, 1.165) is 0 Å². The number of aryl methyl sites for hydroxylation is 1. The van der Waals surface area contributed by atoms with Crippen molar-refractivity contribution in [3.63, 3.8) is 0 Å². The summed E-state index contributed by atoms with van der Waals surface area (Å²) < 4.78 is 7.04. The number of benzene rings is 3. The minimum absolute atomic E-state index is 0. The van der Waals surface area contributed by atoms with Crippen molar-refractivity contribution >= 4 is 28.8 Å². The van der Waals surface area contributed by atoms with Gasteiger partial charge in [0.15, 0.2) is 0 Å². The molecule has 2 aromatic heterocycles. The molecule has 7 rings (SSSR count). The van der Waals surface area contributed by atoms with Crippen molar-refractivity contribution in [3.05, 3.63) is 135 Å². The van der Waals surface area contributed by atoms with Crippen LogP contribution < -0.4 is 24.8 Å². The van der Waals surface area contributed by atoms with Gasteiger partial charge >= 0.3 is 212 Å². The Balaban J connectivity index is 0.00000133. The quantitative estimate of drug-likeness (QED) is 0.303. The molecule has 2 atom stereocenters. The number of para-hydroxylation sites is 1. The Morgan fingerprint density at radius 2 is 1.33 bits per heavy atom. The van der Waals surface area contributed by atoms with Gasteiger partial charge in [-0.15, -0.1) is 0 Å². The molecular formula is C31H24Cl2N2Zr. The van der Waals surface area contributed by atoms with E-state index in [0.29, 0.717) is 9.67 Å². The Bertz CT molecular complexity index is 1610. The van der Waals surface area contributed by atoms with Crippen LogP contribution >= 0.6 is 0 Å². The Labute approximate surface area is 235 Å². The number of halogens is 2. The molecule has 0 radical (unpaired) electrons. The van der Waals surface area contributed by atoms with Gasteiger partial charge in [-0.1, -0.05) is 0 Å². The maximum absolute atomic E-state index is 2.52. The molecule has 5 aromatic rings. The summed E-state index contributed by atoms with van der Waals surface area (Å²) in [7, 11) is 0. The zero-order valence-corrected chi connectivity index (χ0v) is 23.7. The van der Waals surface area contributed by atoms with Gasteiger partial charge in [-0.3, -0.25) is 0 Å². The smallest absolute Gasteiger partial charge is 1.00 e. The molecule has 36 heavy (non-hydrogen) atoms. The fourth-order valence-electron chi connectivity index (χ4n) is 5.72. The van der Waals surface area contributed by atoms with Gasteiger partial charge in [0.1, 0.15) is 0 Å². The number of hydrogen-bond donors (Lipinski definition) is 0. The number of nitrogens with zero attached hydrogens (tertiary/aromatic N) is 2. The third-order valence-corrected chi connectivity index (χ3v) is 11.2. The maximum Gasteiger partial charge on any atom is -1.00 e. The molecule has 0 saturated heterocycles. The van der Waals surface area contributed by atoms with Crippen LogP contribution in [0.25, 0.3) is 28.8 Å². The van der Waals surface area contributed by atoms with Crippen LogP contribution in [0, 0.1) is 6.92 Å². The van der Waals surface area contributed by atoms with Gasteiger partial charge in [0.05, 0.1) is 0 Å². The Morgan fingerprint density at radius 1 is 0.694 bits per heavy atom. The summed E-state index contributed by atoms with van der Waals surface area (Å²) in [6, 6.07) is 33.7. The van der Waals surface area contributed by atoms with E-state index in [-0.39, 0.29) is 24.8 Å². The average Bonchev–Trinajstić information content (AvgIpc) is 3.63. The van der Waals surface area contributed by atoms with Crippen molar-refractivity contribution < 1.29 is 48.0 Å². The number of rotatable bonds is 4. The number of aromatic nitrogens is 2. The molecule has 0 amide bonds. The SMILES string of the molecule is Cc1cc2ccccc2n1C1=Cc2ccccc2[CH]1[Zr+2][C]1=Cc2ccccc2C1n1cccc1.[Cl-].[Cl-]. The van der Waals surface area contributed by atoms with E-state index in [1.807, 2.05) is 0 Å². The summed E-state index contributed by atoms with van der Waals surface area (Å²) in [4.78, 5) is 0. The summed E-state index contributed by atoms with van der Waals surface area (Å²) in [5.74, 6) is 0. The second-order valence-corrected chi connectivity index (χ2v) is 12.8. The van der Waals surface area contributed by atoms with Gasteiger partial charge in [0.25, 0.3) is 0 Å². The maximum atomic E-state index is 2.52. The minimum Gasteiger partial charge on any atom is -1.00 e. The number of allylic oxidation sites excluding steroid dienone is 2. The molecule has 5 heteroatoms.